The Hall–Kier alpha value is -2.31. The number of aliphatic hydroxyl groups is 2. The van der Waals surface area contributed by atoms with Crippen LogP contribution >= 0.6 is 31.4 Å². The fourth-order valence-corrected chi connectivity index (χ4v) is 12.1. The van der Waals surface area contributed by atoms with Gasteiger partial charge in [-0.25, -0.2) is 0 Å². The number of piperazine rings is 1. The lowest BCUT2D eigenvalue weighted by atomic mass is 9.70. The Morgan fingerprint density at radius 1 is 1.03 bits per heavy atom. The van der Waals surface area contributed by atoms with Gasteiger partial charge in [-0.3, -0.25) is 14.5 Å². The Bertz CT molecular complexity index is 1400. The number of carbonyl (C=O) groups excluding carboxylic acids is 2. The second-order valence-electron chi connectivity index (χ2n) is 9.02. The van der Waals surface area contributed by atoms with Gasteiger partial charge in [0.25, 0.3) is 11.8 Å². The Morgan fingerprint density at radius 2 is 1.79 bits per heavy atom. The number of rotatable bonds is 2. The van der Waals surface area contributed by atoms with Crippen LogP contribution in [-0.4, -0.2) is 72.5 Å². The van der Waals surface area contributed by atoms with Crippen LogP contribution in [0, 0.1) is 0 Å². The highest BCUT2D eigenvalue weighted by Crippen LogP contribution is 2.69. The van der Waals surface area contributed by atoms with E-state index in [0.717, 1.165) is 38.5 Å². The van der Waals surface area contributed by atoms with Gasteiger partial charge >= 0.3 is 0 Å². The van der Waals surface area contributed by atoms with Crippen LogP contribution in [0.5, 0.6) is 0 Å². The molecule has 6 heterocycles. The molecule has 8 nitrogen and oxygen atoms in total. The summed E-state index contributed by atoms with van der Waals surface area (Å²) in [6, 6.07) is 15.5. The number of aromatic nitrogens is 1. The van der Waals surface area contributed by atoms with Gasteiger partial charge in [0.05, 0.1) is 12.0 Å². The Balaban J connectivity index is 1.58. The lowest BCUT2D eigenvalue weighted by Crippen LogP contribution is -2.75. The van der Waals surface area contributed by atoms with Crippen LogP contribution in [0.3, 0.4) is 0 Å². The van der Waals surface area contributed by atoms with Gasteiger partial charge in [0.15, 0.2) is 0 Å². The lowest BCUT2D eigenvalue weighted by Gasteiger charge is -2.50. The van der Waals surface area contributed by atoms with Crippen molar-refractivity contribution in [3.8, 4) is 0 Å². The van der Waals surface area contributed by atoms with Gasteiger partial charge in [0, 0.05) is 29.8 Å². The summed E-state index contributed by atoms with van der Waals surface area (Å²) in [5.41, 5.74) is 2.27. The van der Waals surface area contributed by atoms with E-state index in [-0.39, 0.29) is 11.8 Å². The minimum Gasteiger partial charge on any atom is -0.392 e. The normalized spacial score (nSPS) is 35.9. The number of carbonyl (C=O) groups is 2. The van der Waals surface area contributed by atoms with Crippen molar-refractivity contribution in [3.63, 3.8) is 0 Å². The van der Waals surface area contributed by atoms with Gasteiger partial charge in [-0.05, 0) is 54.7 Å². The van der Waals surface area contributed by atoms with E-state index < -0.39 is 34.0 Å². The number of nitrogens with one attached hydrogen (secondary N) is 2. The molecule has 5 aliphatic rings. The van der Waals surface area contributed by atoms with Gasteiger partial charge in [-0.15, -0.1) is 0 Å². The molecule has 4 fully saturated rings. The molecule has 2 amide bonds. The number of amides is 2. The van der Waals surface area contributed by atoms with Crippen LogP contribution in [0.15, 0.2) is 54.7 Å². The van der Waals surface area contributed by atoms with Crippen LogP contribution < -0.4 is 5.32 Å². The van der Waals surface area contributed by atoms with Gasteiger partial charge < -0.3 is 25.4 Å². The van der Waals surface area contributed by atoms with Crippen LogP contribution in [-0.2, 0) is 15.0 Å². The molecule has 2 unspecified atom stereocenters. The third-order valence-corrected chi connectivity index (χ3v) is 12.9. The summed E-state index contributed by atoms with van der Waals surface area (Å²) in [5, 5.41) is 27.2. The predicted molar refractivity (Wildman–Crippen MR) is 134 cm³/mol. The maximum atomic E-state index is 14.2. The van der Waals surface area contributed by atoms with Gasteiger partial charge in [0.2, 0.25) is 9.74 Å². The second-order valence-corrected chi connectivity index (χ2v) is 13.4. The number of fused-ring (bicyclic) bond motifs is 7. The first-order chi connectivity index (χ1) is 16.4. The molecule has 0 saturated carbocycles. The fraction of sp³-hybridized carbons (Fsp3) is 0.304. The van der Waals surface area contributed by atoms with E-state index in [0.29, 0.717) is 0 Å². The molecule has 5 atom stereocenters. The first-order valence-electron chi connectivity index (χ1n) is 10.8. The number of hydrogen-bond donors (Lipinski definition) is 4. The van der Waals surface area contributed by atoms with Crippen molar-refractivity contribution < 1.29 is 19.8 Å². The zero-order valence-electron chi connectivity index (χ0n) is 17.9. The maximum absolute atomic E-state index is 14.2. The molecule has 4 N–H and O–H groups in total. The van der Waals surface area contributed by atoms with Crippen molar-refractivity contribution in [2.24, 2.45) is 0 Å². The molecule has 1 aromatic heterocycles. The molecular formula is C23H20N4O4S3. The number of aliphatic hydroxyl groups excluding tert-OH is 2. The topological polar surface area (TPSA) is 109 Å². The molecule has 1 spiro atoms. The molecular weight excluding hydrogens is 492 g/mol. The summed E-state index contributed by atoms with van der Waals surface area (Å²) in [7, 11) is 5.17. The largest absolute Gasteiger partial charge is 0.392 e. The number of benzene rings is 2. The number of aromatic amines is 1. The third kappa shape index (κ3) is 2.03. The predicted octanol–water partition coefficient (Wildman–Crippen LogP) is 2.31. The first kappa shape index (κ1) is 21.0. The second kappa shape index (κ2) is 6.67. The number of hydrogen-bond acceptors (Lipinski definition) is 8. The number of likely N-dealkylation sites (N-methyl/N-ethyl adjacent to an activating group) is 1. The quantitative estimate of drug-likeness (QED) is 0.388. The number of nitrogens with zero attached hydrogens (tertiary/aromatic N) is 2. The molecule has 3 aromatic rings. The maximum Gasteiger partial charge on any atom is 0.265 e. The minimum atomic E-state index is -1.55. The van der Waals surface area contributed by atoms with E-state index in [4.69, 9.17) is 0 Å². The molecule has 8 rings (SSSR count). The summed E-state index contributed by atoms with van der Waals surface area (Å²) >= 11 is 0. The van der Waals surface area contributed by atoms with Crippen molar-refractivity contribution in [2.75, 3.05) is 19.0 Å². The number of anilines is 1. The standard InChI is InChI=1S/C23H20N4O4S3/c1-26-20(31)23-17(29)22(14-10-24-15-8-4-2-6-12(14)15)13-7-3-5-9-16(13)25-18(22)27(23)19(30)21(26,11-28)32-34-33-23/h2-10,17-18,24-25,28-29H,11H2,1H3/t17?,18-,21-,22-,23?/m1/s1. The van der Waals surface area contributed by atoms with Crippen molar-refractivity contribution in [3.05, 3.63) is 65.9 Å². The molecule has 174 valence electrons. The van der Waals surface area contributed by atoms with Crippen molar-refractivity contribution >= 4 is 59.8 Å². The highest BCUT2D eigenvalue weighted by molar-refractivity contribution is 9.10. The molecule has 4 saturated heterocycles. The van der Waals surface area contributed by atoms with Gasteiger partial charge in [-0.1, -0.05) is 36.4 Å². The van der Waals surface area contributed by atoms with E-state index in [1.807, 2.05) is 54.7 Å². The minimum absolute atomic E-state index is 0.384. The molecule has 11 heteroatoms. The molecule has 2 bridgehead atoms. The smallest absolute Gasteiger partial charge is 0.265 e. The van der Waals surface area contributed by atoms with Crippen LogP contribution in [0.1, 0.15) is 11.1 Å². The third-order valence-electron chi connectivity index (χ3n) is 7.80. The van der Waals surface area contributed by atoms with Gasteiger partial charge in [0.1, 0.15) is 12.3 Å². The average Bonchev–Trinajstić information content (AvgIpc) is 3.43. The summed E-state index contributed by atoms with van der Waals surface area (Å²) in [4.78, 5) is 31.3. The van der Waals surface area contributed by atoms with Crippen molar-refractivity contribution in [1.82, 2.24) is 14.8 Å². The van der Waals surface area contributed by atoms with Gasteiger partial charge in [-0.2, -0.15) is 0 Å². The number of para-hydroxylation sites is 2. The zero-order valence-corrected chi connectivity index (χ0v) is 20.3. The monoisotopic (exact) mass is 512 g/mol. The van der Waals surface area contributed by atoms with Crippen LogP contribution in [0.25, 0.3) is 10.9 Å². The highest BCUT2D eigenvalue weighted by Gasteiger charge is 2.81. The molecule has 0 radical (unpaired) electrons. The summed E-state index contributed by atoms with van der Waals surface area (Å²) < 4.78 is 0. The first-order valence-corrected chi connectivity index (χ1v) is 14.3. The highest BCUT2D eigenvalue weighted by atomic mass is 33.5. The summed E-state index contributed by atoms with van der Waals surface area (Å²) in [6.07, 6.45) is -0.0956. The van der Waals surface area contributed by atoms with E-state index in [1.54, 1.807) is 0 Å². The number of H-pyrrole nitrogens is 1. The van der Waals surface area contributed by atoms with Crippen LogP contribution in [0.4, 0.5) is 5.69 Å². The molecule has 34 heavy (non-hydrogen) atoms. The van der Waals surface area contributed by atoms with Crippen LogP contribution in [0.2, 0.25) is 0 Å². The summed E-state index contributed by atoms with van der Waals surface area (Å²) in [5.74, 6) is -0.769. The van der Waals surface area contributed by atoms with Crippen molar-refractivity contribution in [2.45, 2.75) is 27.4 Å². The molecule has 2 aromatic carbocycles. The Labute approximate surface area is 206 Å². The van der Waals surface area contributed by atoms with E-state index in [1.165, 1.54) is 37.5 Å². The zero-order chi connectivity index (χ0) is 23.5. The Morgan fingerprint density at radius 3 is 2.62 bits per heavy atom. The SMILES string of the molecule is CN1C(=O)C23SSS[C@]1(CO)C(=O)N2[C@H]1Nc2ccccc2[C@@]1(c1c[nH]c2ccccc12)C3O. The lowest BCUT2D eigenvalue weighted by molar-refractivity contribution is -0.168. The average molecular weight is 513 g/mol. The molecule has 5 aliphatic heterocycles. The van der Waals surface area contributed by atoms with E-state index in [9.17, 15) is 19.8 Å². The van der Waals surface area contributed by atoms with E-state index >= 15 is 0 Å². The van der Waals surface area contributed by atoms with Crippen molar-refractivity contribution in [1.29, 1.82) is 0 Å². The Kier molecular flexibility index (Phi) is 4.12. The molecule has 0 aliphatic carbocycles. The van der Waals surface area contributed by atoms with E-state index in [2.05, 4.69) is 10.3 Å². The summed E-state index contributed by atoms with van der Waals surface area (Å²) in [6.45, 7) is -0.519. The fourth-order valence-electron chi connectivity index (χ4n) is 6.19.